The number of para-hydroxylation sites is 1. The van der Waals surface area contributed by atoms with E-state index in [2.05, 4.69) is 46.8 Å². The van der Waals surface area contributed by atoms with Crippen molar-refractivity contribution in [1.29, 1.82) is 0 Å². The molecule has 1 aromatic heterocycles. The monoisotopic (exact) mass is 294 g/mol. The number of rotatable bonds is 3. The van der Waals surface area contributed by atoms with E-state index >= 15 is 0 Å². The lowest BCUT2D eigenvalue weighted by Gasteiger charge is -2.38. The van der Waals surface area contributed by atoms with Gasteiger partial charge < -0.3 is 15.0 Å². The van der Waals surface area contributed by atoms with Crippen molar-refractivity contribution in [1.82, 2.24) is 9.88 Å². The van der Waals surface area contributed by atoms with E-state index in [4.69, 9.17) is 0 Å². The van der Waals surface area contributed by atoms with Crippen LogP contribution in [-0.2, 0) is 0 Å². The largest absolute Gasteiger partial charge is 0.396 e. The summed E-state index contributed by atoms with van der Waals surface area (Å²) in [6.45, 7) is 6.15. The quantitative estimate of drug-likeness (QED) is 0.844. The van der Waals surface area contributed by atoms with Gasteiger partial charge in [0.1, 0.15) is 0 Å². The van der Waals surface area contributed by atoms with Crippen molar-refractivity contribution in [3.8, 4) is 0 Å². The Kier molecular flexibility index (Phi) is 3.30. The van der Waals surface area contributed by atoms with Gasteiger partial charge >= 0.3 is 0 Å². The van der Waals surface area contributed by atoms with Gasteiger partial charge in [0.2, 0.25) is 0 Å². The first-order valence-electron chi connectivity index (χ1n) is 8.10. The Morgan fingerprint density at radius 2 is 2.27 bits per heavy atom. The van der Waals surface area contributed by atoms with Gasteiger partial charge in [-0.3, -0.25) is 0 Å². The zero-order valence-electron chi connectivity index (χ0n) is 12.8. The molecule has 4 rings (SSSR count). The van der Waals surface area contributed by atoms with Gasteiger partial charge in [-0.25, -0.2) is 0 Å². The molecule has 0 bridgehead atoms. The second-order valence-electron chi connectivity index (χ2n) is 6.39. The van der Waals surface area contributed by atoms with Crippen molar-refractivity contribution < 1.29 is 5.11 Å². The van der Waals surface area contributed by atoms with E-state index < -0.39 is 0 Å². The number of hydrogen-bond donors (Lipinski definition) is 2. The van der Waals surface area contributed by atoms with Crippen molar-refractivity contribution in [3.05, 3.63) is 47.5 Å². The summed E-state index contributed by atoms with van der Waals surface area (Å²) in [7, 11) is 0. The van der Waals surface area contributed by atoms with E-state index in [0.717, 1.165) is 25.9 Å². The maximum absolute atomic E-state index is 9.58. The highest BCUT2D eigenvalue weighted by molar-refractivity contribution is 5.82. The van der Waals surface area contributed by atoms with Crippen molar-refractivity contribution in [3.63, 3.8) is 0 Å². The van der Waals surface area contributed by atoms with Crippen molar-refractivity contribution in [2.45, 2.75) is 12.8 Å². The van der Waals surface area contributed by atoms with Crippen LogP contribution in [0.5, 0.6) is 0 Å². The third kappa shape index (κ3) is 2.00. The third-order valence-corrected chi connectivity index (χ3v) is 5.28. The zero-order chi connectivity index (χ0) is 15.1. The van der Waals surface area contributed by atoms with Crippen molar-refractivity contribution >= 4 is 22.7 Å². The Hall–Kier alpha value is -2.00. The molecule has 22 heavy (non-hydrogen) atoms. The molecule has 3 heterocycles. The highest BCUT2D eigenvalue weighted by atomic mass is 16.3. The summed E-state index contributed by atoms with van der Waals surface area (Å²) in [5.74, 6) is 0.694. The van der Waals surface area contributed by atoms with E-state index in [9.17, 15) is 5.11 Å². The summed E-state index contributed by atoms with van der Waals surface area (Å²) >= 11 is 0. The summed E-state index contributed by atoms with van der Waals surface area (Å²) < 4.78 is 0. The number of H-pyrrole nitrogens is 1. The lowest BCUT2D eigenvalue weighted by Crippen LogP contribution is -2.44. The van der Waals surface area contributed by atoms with Crippen LogP contribution in [0.15, 0.2) is 36.9 Å². The maximum atomic E-state index is 9.58. The van der Waals surface area contributed by atoms with E-state index in [-0.39, 0.29) is 12.5 Å². The molecule has 2 aliphatic heterocycles. The second-order valence-corrected chi connectivity index (χ2v) is 6.39. The number of fused-ring (bicyclic) bond motifs is 4. The Morgan fingerprint density at radius 1 is 1.41 bits per heavy atom. The fourth-order valence-electron chi connectivity index (χ4n) is 3.98. The predicted octanol–water partition coefficient (Wildman–Crippen LogP) is 1.58. The fraction of sp³-hybridized carbons (Fsp3) is 0.368. The number of aromatic amines is 1. The van der Waals surface area contributed by atoms with E-state index in [0.29, 0.717) is 5.92 Å². The van der Waals surface area contributed by atoms with E-state index in [1.807, 2.05) is 6.08 Å². The number of piperidine rings is 1. The molecule has 0 amide bonds. The Labute approximate surface area is 130 Å². The fourth-order valence-corrected chi connectivity index (χ4v) is 3.98. The minimum absolute atomic E-state index is 0.202. The summed E-state index contributed by atoms with van der Waals surface area (Å²) in [5, 5.41) is 13.5. The molecule has 114 valence electrons. The molecule has 0 spiro atoms. The molecule has 2 atom stereocenters. The Morgan fingerprint density at radius 3 is 3.09 bits per heavy atom. The van der Waals surface area contributed by atoms with Crippen LogP contribution in [0.25, 0.3) is 22.7 Å². The number of nitrogens with one attached hydrogen (secondary N) is 1. The van der Waals surface area contributed by atoms with Crippen LogP contribution in [0.1, 0.15) is 12.8 Å². The van der Waals surface area contributed by atoms with Gasteiger partial charge in [0, 0.05) is 47.4 Å². The molecule has 3 heteroatoms. The van der Waals surface area contributed by atoms with Gasteiger partial charge in [-0.2, -0.15) is 0 Å². The number of benzene rings is 1. The average molecular weight is 294 g/mol. The highest BCUT2D eigenvalue weighted by Crippen LogP contribution is 2.32. The maximum Gasteiger partial charge on any atom is 0.0657 e. The lowest BCUT2D eigenvalue weighted by atomic mass is 9.82. The van der Waals surface area contributed by atoms with Crippen LogP contribution < -0.4 is 10.6 Å². The van der Waals surface area contributed by atoms with E-state index in [1.54, 1.807) is 0 Å². The van der Waals surface area contributed by atoms with Crippen LogP contribution >= 0.6 is 0 Å². The summed E-state index contributed by atoms with van der Waals surface area (Å²) in [4.78, 5) is 6.09. The molecule has 1 fully saturated rings. The zero-order valence-corrected chi connectivity index (χ0v) is 12.8. The first kappa shape index (κ1) is 13.6. The molecule has 0 aliphatic carbocycles. The van der Waals surface area contributed by atoms with Crippen LogP contribution in [0.4, 0.5) is 0 Å². The second kappa shape index (κ2) is 5.33. The van der Waals surface area contributed by atoms with Gasteiger partial charge in [0.15, 0.2) is 0 Å². The Bertz CT molecular complexity index is 833. The minimum Gasteiger partial charge on any atom is -0.396 e. The third-order valence-electron chi connectivity index (χ3n) is 5.28. The average Bonchev–Trinajstić information content (AvgIpc) is 2.95. The molecule has 2 aliphatic rings. The normalized spacial score (nSPS) is 22.0. The number of aromatic nitrogens is 1. The lowest BCUT2D eigenvalue weighted by molar-refractivity contribution is 0.179. The number of aliphatic hydroxyl groups excluding tert-OH is 1. The van der Waals surface area contributed by atoms with Crippen molar-refractivity contribution in [2.75, 3.05) is 19.7 Å². The molecular weight excluding hydrogens is 272 g/mol. The number of aliphatic hydroxyl groups is 1. The molecule has 0 radical (unpaired) electrons. The van der Waals surface area contributed by atoms with Gasteiger partial charge in [0.05, 0.1) is 5.35 Å². The van der Waals surface area contributed by atoms with Crippen molar-refractivity contribution in [2.24, 2.45) is 11.8 Å². The van der Waals surface area contributed by atoms with Crippen LogP contribution in [-0.4, -0.2) is 34.7 Å². The summed E-state index contributed by atoms with van der Waals surface area (Å²) in [6.07, 6.45) is 6.41. The molecule has 3 nitrogen and oxygen atoms in total. The molecular formula is C19H22N2O. The SMILES string of the molecule is C=CC(CO)C1CCN2CC=c3c([nH]c4ccccc34)=C2C1. The van der Waals surface area contributed by atoms with Crippen LogP contribution in [0.3, 0.4) is 0 Å². The molecule has 2 aromatic rings. The van der Waals surface area contributed by atoms with Gasteiger partial charge in [-0.1, -0.05) is 30.4 Å². The smallest absolute Gasteiger partial charge is 0.0657 e. The topological polar surface area (TPSA) is 39.3 Å². The molecule has 1 aromatic carbocycles. The Balaban J connectivity index is 1.86. The first-order chi connectivity index (χ1) is 10.8. The summed E-state index contributed by atoms with van der Waals surface area (Å²) in [6, 6.07) is 8.52. The summed E-state index contributed by atoms with van der Waals surface area (Å²) in [5.41, 5.74) is 2.62. The van der Waals surface area contributed by atoms with Crippen LogP contribution in [0, 0.1) is 11.8 Å². The molecule has 0 saturated carbocycles. The highest BCUT2D eigenvalue weighted by Gasteiger charge is 2.29. The van der Waals surface area contributed by atoms with Gasteiger partial charge in [-0.05, 0) is 24.8 Å². The molecule has 2 unspecified atom stereocenters. The predicted molar refractivity (Wildman–Crippen MR) is 90.5 cm³/mol. The minimum atomic E-state index is 0.202. The van der Waals surface area contributed by atoms with Crippen LogP contribution in [0.2, 0.25) is 0 Å². The number of nitrogens with zero attached hydrogens (tertiary/aromatic N) is 1. The van der Waals surface area contributed by atoms with Gasteiger partial charge in [-0.15, -0.1) is 6.58 Å². The number of hydrogen-bond acceptors (Lipinski definition) is 2. The first-order valence-corrected chi connectivity index (χ1v) is 8.10. The van der Waals surface area contributed by atoms with E-state index in [1.165, 1.54) is 27.2 Å². The molecule has 1 saturated heterocycles. The standard InChI is InChI=1S/C19H22N2O/c1-2-13(12-22)14-7-9-21-10-8-16-15-5-3-4-6-17(15)20-19(16)18(21)11-14/h2-6,8,13-14,20,22H,1,7,9-12H2. The van der Waals surface area contributed by atoms with Gasteiger partial charge in [0.25, 0.3) is 0 Å². The molecule has 2 N–H and O–H groups in total.